The van der Waals surface area contributed by atoms with Crippen molar-refractivity contribution in [3.05, 3.63) is 69.7 Å². The molecule has 2 aromatic rings. The van der Waals surface area contributed by atoms with Crippen molar-refractivity contribution in [2.45, 2.75) is 32.8 Å². The first-order valence-electron chi connectivity index (χ1n) is 6.65. The number of aliphatic hydroxyl groups is 1. The molecule has 1 N–H and O–H groups in total. The van der Waals surface area contributed by atoms with Crippen LogP contribution in [0.3, 0.4) is 0 Å². The minimum Gasteiger partial charge on any atom is -0.384 e. The highest BCUT2D eigenvalue weighted by Gasteiger charge is 2.14. The van der Waals surface area contributed by atoms with Crippen molar-refractivity contribution in [2.75, 3.05) is 0 Å². The largest absolute Gasteiger partial charge is 0.384 e. The fraction of sp³-hybridized carbons (Fsp3) is 0.294. The van der Waals surface area contributed by atoms with Crippen LogP contribution < -0.4 is 0 Å². The van der Waals surface area contributed by atoms with Gasteiger partial charge in [0.15, 0.2) is 0 Å². The molecule has 0 aliphatic heterocycles. The van der Waals surface area contributed by atoms with E-state index in [1.807, 2.05) is 37.3 Å². The predicted molar refractivity (Wildman–Crippen MR) is 80.7 cm³/mol. The molecule has 19 heavy (non-hydrogen) atoms. The van der Waals surface area contributed by atoms with Gasteiger partial charge in [0.25, 0.3) is 0 Å². The van der Waals surface area contributed by atoms with E-state index in [0.29, 0.717) is 5.02 Å². The van der Waals surface area contributed by atoms with Gasteiger partial charge < -0.3 is 5.11 Å². The van der Waals surface area contributed by atoms with Crippen LogP contribution >= 0.6 is 11.6 Å². The smallest absolute Gasteiger partial charge is 0.105 e. The van der Waals surface area contributed by atoms with E-state index < -0.39 is 6.10 Å². The molecule has 0 radical (unpaired) electrons. The molecule has 2 rings (SSSR count). The fourth-order valence-electron chi connectivity index (χ4n) is 2.22. The maximum Gasteiger partial charge on any atom is 0.105 e. The highest BCUT2D eigenvalue weighted by atomic mass is 35.5. The molecule has 2 heteroatoms. The predicted octanol–water partition coefficient (Wildman–Crippen LogP) is 4.68. The first-order chi connectivity index (χ1) is 9.13. The number of hydrogen-bond acceptors (Lipinski definition) is 1. The molecule has 2 aromatic carbocycles. The standard InChI is InChI=1S/C17H19ClO/c1-3-5-13-8-10-14(11-9-13)17(19)15-7-4-6-12(2)16(15)18/h4,6-11,17,19H,3,5H2,1-2H3. The summed E-state index contributed by atoms with van der Waals surface area (Å²) in [5, 5.41) is 11.1. The molecule has 0 aliphatic rings. The van der Waals surface area contributed by atoms with Gasteiger partial charge in [-0.2, -0.15) is 0 Å². The van der Waals surface area contributed by atoms with E-state index in [0.717, 1.165) is 29.5 Å². The molecule has 0 saturated heterocycles. The van der Waals surface area contributed by atoms with Gasteiger partial charge in [-0.15, -0.1) is 0 Å². The Hall–Kier alpha value is -1.31. The van der Waals surface area contributed by atoms with Gasteiger partial charge in [0.05, 0.1) is 0 Å². The van der Waals surface area contributed by atoms with E-state index >= 15 is 0 Å². The van der Waals surface area contributed by atoms with Crippen molar-refractivity contribution in [1.82, 2.24) is 0 Å². The lowest BCUT2D eigenvalue weighted by Gasteiger charge is -2.15. The van der Waals surface area contributed by atoms with Crippen LogP contribution in [0.2, 0.25) is 5.02 Å². The molecule has 100 valence electrons. The van der Waals surface area contributed by atoms with Crippen LogP contribution in [0.4, 0.5) is 0 Å². The third-order valence-corrected chi connectivity index (χ3v) is 3.87. The Morgan fingerprint density at radius 1 is 1.11 bits per heavy atom. The van der Waals surface area contributed by atoms with Crippen molar-refractivity contribution < 1.29 is 5.11 Å². The van der Waals surface area contributed by atoms with Crippen LogP contribution in [0.25, 0.3) is 0 Å². The molecule has 0 spiro atoms. The Bertz CT molecular complexity index is 546. The molecule has 0 heterocycles. The third kappa shape index (κ3) is 3.17. The summed E-state index contributed by atoms with van der Waals surface area (Å²) in [4.78, 5) is 0. The van der Waals surface area contributed by atoms with E-state index in [1.54, 1.807) is 0 Å². The minimum absolute atomic E-state index is 0.646. The average molecular weight is 275 g/mol. The van der Waals surface area contributed by atoms with Crippen LogP contribution in [-0.2, 0) is 6.42 Å². The lowest BCUT2D eigenvalue weighted by molar-refractivity contribution is 0.220. The quantitative estimate of drug-likeness (QED) is 0.858. The Labute approximate surface area is 119 Å². The maximum absolute atomic E-state index is 10.4. The maximum atomic E-state index is 10.4. The molecule has 1 nitrogen and oxygen atoms in total. The van der Waals surface area contributed by atoms with Crippen LogP contribution in [0.5, 0.6) is 0 Å². The van der Waals surface area contributed by atoms with Gasteiger partial charge in [0.1, 0.15) is 6.10 Å². The van der Waals surface area contributed by atoms with Crippen molar-refractivity contribution in [3.63, 3.8) is 0 Å². The van der Waals surface area contributed by atoms with Crippen molar-refractivity contribution in [3.8, 4) is 0 Å². The Morgan fingerprint density at radius 3 is 2.42 bits per heavy atom. The van der Waals surface area contributed by atoms with Gasteiger partial charge in [-0.3, -0.25) is 0 Å². The molecular formula is C17H19ClO. The first-order valence-corrected chi connectivity index (χ1v) is 7.03. The van der Waals surface area contributed by atoms with Gasteiger partial charge in [0.2, 0.25) is 0 Å². The van der Waals surface area contributed by atoms with Crippen LogP contribution in [0.15, 0.2) is 42.5 Å². The second-order valence-corrected chi connectivity index (χ2v) is 5.25. The summed E-state index contributed by atoms with van der Waals surface area (Å²) in [5.74, 6) is 0. The Kier molecular flexibility index (Phi) is 4.62. The molecular weight excluding hydrogens is 256 g/mol. The zero-order chi connectivity index (χ0) is 13.8. The number of aliphatic hydroxyl groups excluding tert-OH is 1. The van der Waals surface area contributed by atoms with Crippen LogP contribution in [-0.4, -0.2) is 5.11 Å². The van der Waals surface area contributed by atoms with Gasteiger partial charge in [-0.05, 0) is 30.0 Å². The second kappa shape index (κ2) is 6.23. The number of rotatable bonds is 4. The first kappa shape index (κ1) is 14.1. The van der Waals surface area contributed by atoms with Crippen molar-refractivity contribution >= 4 is 11.6 Å². The molecule has 0 saturated carbocycles. The second-order valence-electron chi connectivity index (χ2n) is 4.87. The number of benzene rings is 2. The van der Waals surface area contributed by atoms with Gasteiger partial charge in [-0.1, -0.05) is 67.4 Å². The zero-order valence-corrected chi connectivity index (χ0v) is 12.1. The molecule has 0 aromatic heterocycles. The number of hydrogen-bond donors (Lipinski definition) is 1. The highest BCUT2D eigenvalue weighted by Crippen LogP contribution is 2.30. The molecule has 0 fully saturated rings. The summed E-state index contributed by atoms with van der Waals surface area (Å²) in [5.41, 5.74) is 3.94. The minimum atomic E-state index is -0.664. The average Bonchev–Trinajstić information content (AvgIpc) is 2.42. The number of aryl methyl sites for hydroxylation is 2. The lowest BCUT2D eigenvalue weighted by atomic mass is 9.98. The summed E-state index contributed by atoms with van der Waals surface area (Å²) < 4.78 is 0. The summed E-state index contributed by atoms with van der Waals surface area (Å²) >= 11 is 6.26. The van der Waals surface area contributed by atoms with E-state index in [4.69, 9.17) is 11.6 Å². The Balaban J connectivity index is 2.28. The fourth-order valence-corrected chi connectivity index (χ4v) is 2.45. The van der Waals surface area contributed by atoms with E-state index in [2.05, 4.69) is 19.1 Å². The van der Waals surface area contributed by atoms with E-state index in [1.165, 1.54) is 5.56 Å². The molecule has 0 bridgehead atoms. The van der Waals surface area contributed by atoms with E-state index in [-0.39, 0.29) is 0 Å². The highest BCUT2D eigenvalue weighted by molar-refractivity contribution is 6.32. The van der Waals surface area contributed by atoms with Gasteiger partial charge in [0, 0.05) is 10.6 Å². The van der Waals surface area contributed by atoms with Crippen LogP contribution in [0, 0.1) is 6.92 Å². The zero-order valence-electron chi connectivity index (χ0n) is 11.4. The van der Waals surface area contributed by atoms with Crippen molar-refractivity contribution in [1.29, 1.82) is 0 Å². The molecule has 1 unspecified atom stereocenters. The van der Waals surface area contributed by atoms with Crippen molar-refractivity contribution in [2.24, 2.45) is 0 Å². The third-order valence-electron chi connectivity index (χ3n) is 3.35. The normalized spacial score (nSPS) is 12.4. The summed E-state index contributed by atoms with van der Waals surface area (Å²) in [7, 11) is 0. The molecule has 0 amide bonds. The molecule has 0 aliphatic carbocycles. The topological polar surface area (TPSA) is 20.2 Å². The SMILES string of the molecule is CCCc1ccc(C(O)c2cccc(C)c2Cl)cc1. The summed E-state index contributed by atoms with van der Waals surface area (Å²) in [6.45, 7) is 4.11. The summed E-state index contributed by atoms with van der Waals surface area (Å²) in [6, 6.07) is 13.9. The summed E-state index contributed by atoms with van der Waals surface area (Å²) in [6.07, 6.45) is 1.54. The van der Waals surface area contributed by atoms with E-state index in [9.17, 15) is 5.11 Å². The van der Waals surface area contributed by atoms with Gasteiger partial charge >= 0.3 is 0 Å². The number of halogens is 1. The van der Waals surface area contributed by atoms with Gasteiger partial charge in [-0.25, -0.2) is 0 Å². The molecule has 1 atom stereocenters. The lowest BCUT2D eigenvalue weighted by Crippen LogP contribution is -2.01. The monoisotopic (exact) mass is 274 g/mol. The van der Waals surface area contributed by atoms with Crippen LogP contribution in [0.1, 0.15) is 41.7 Å². The Morgan fingerprint density at radius 2 is 1.79 bits per heavy atom.